The maximum absolute atomic E-state index is 15.2. The molecule has 39 heavy (non-hydrogen) atoms. The number of anilines is 1. The average molecular weight is 557 g/mol. The van der Waals surface area contributed by atoms with Crippen LogP contribution in [0.15, 0.2) is 44.7 Å². The standard InChI is InChI=1S/C26H19F3N4O5S/c1-12-19(22(30-38-12)20-14(27)3-2-4-15(20)28)24(35)32-7-5-31(6-8-32)18-10-17-13(9-16(18)29)23(34)21(26(36)37)25-33(17)11-39-25/h2-4,9-10H,5-8,11H2,1H3,(H,36,37). The third kappa shape index (κ3) is 3.87. The van der Waals surface area contributed by atoms with E-state index >= 15 is 4.39 Å². The normalized spacial score (nSPS) is 14.9. The van der Waals surface area contributed by atoms with Crippen molar-refractivity contribution in [2.75, 3.05) is 31.1 Å². The van der Waals surface area contributed by atoms with E-state index in [1.165, 1.54) is 35.7 Å². The molecule has 1 saturated heterocycles. The summed E-state index contributed by atoms with van der Waals surface area (Å²) in [5.41, 5.74) is -1.16. The van der Waals surface area contributed by atoms with Crippen molar-refractivity contribution in [2.24, 2.45) is 0 Å². The van der Waals surface area contributed by atoms with Crippen LogP contribution in [-0.4, -0.2) is 57.8 Å². The number of fused-ring (bicyclic) bond motifs is 3. The summed E-state index contributed by atoms with van der Waals surface area (Å²) in [4.78, 5) is 40.9. The molecule has 1 fully saturated rings. The molecular weight excluding hydrogens is 537 g/mol. The average Bonchev–Trinajstić information content (AvgIpc) is 3.26. The molecule has 0 radical (unpaired) electrons. The fourth-order valence-corrected chi connectivity index (χ4v) is 5.97. The van der Waals surface area contributed by atoms with Gasteiger partial charge in [0.25, 0.3) is 5.91 Å². The van der Waals surface area contributed by atoms with Gasteiger partial charge in [0.05, 0.1) is 27.7 Å². The Kier molecular flexibility index (Phi) is 5.90. The molecule has 0 aliphatic carbocycles. The quantitative estimate of drug-likeness (QED) is 0.400. The Balaban J connectivity index is 1.28. The highest BCUT2D eigenvalue weighted by atomic mass is 32.2. The minimum Gasteiger partial charge on any atom is -0.477 e. The highest BCUT2D eigenvalue weighted by Crippen LogP contribution is 2.38. The van der Waals surface area contributed by atoms with Crippen molar-refractivity contribution in [3.63, 3.8) is 0 Å². The summed E-state index contributed by atoms with van der Waals surface area (Å²) in [5, 5.41) is 13.5. The van der Waals surface area contributed by atoms with Crippen molar-refractivity contribution in [3.05, 3.63) is 74.9 Å². The first kappa shape index (κ1) is 25.0. The maximum Gasteiger partial charge on any atom is 0.342 e. The number of benzene rings is 2. The second-order valence-electron chi connectivity index (χ2n) is 9.17. The second kappa shape index (κ2) is 9.19. The number of aromatic carboxylic acids is 1. The molecule has 2 aliphatic heterocycles. The van der Waals surface area contributed by atoms with Gasteiger partial charge in [-0.05, 0) is 31.2 Å². The number of rotatable bonds is 4. The predicted molar refractivity (Wildman–Crippen MR) is 136 cm³/mol. The minimum atomic E-state index is -1.35. The Bertz CT molecular complexity index is 1740. The topological polar surface area (TPSA) is 109 Å². The number of amides is 1. The highest BCUT2D eigenvalue weighted by molar-refractivity contribution is 7.99. The van der Waals surface area contributed by atoms with Crippen LogP contribution in [0.2, 0.25) is 0 Å². The lowest BCUT2D eigenvalue weighted by atomic mass is 10.0. The number of pyridine rings is 1. The summed E-state index contributed by atoms with van der Waals surface area (Å²) in [6.45, 7) is 2.30. The lowest BCUT2D eigenvalue weighted by Crippen LogP contribution is -2.49. The van der Waals surface area contributed by atoms with Crippen LogP contribution in [0.3, 0.4) is 0 Å². The van der Waals surface area contributed by atoms with Gasteiger partial charge in [0, 0.05) is 31.6 Å². The number of halogens is 3. The molecular formula is C26H19F3N4O5S. The van der Waals surface area contributed by atoms with Gasteiger partial charge in [-0.1, -0.05) is 23.0 Å². The number of carbonyl (C=O) groups excluding carboxylic acids is 1. The second-order valence-corrected chi connectivity index (χ2v) is 10.1. The van der Waals surface area contributed by atoms with E-state index in [9.17, 15) is 28.3 Å². The van der Waals surface area contributed by atoms with Crippen LogP contribution in [0, 0.1) is 24.4 Å². The van der Waals surface area contributed by atoms with Gasteiger partial charge in [0.2, 0.25) is 5.43 Å². The molecule has 4 heterocycles. The number of carboxylic acids is 1. The monoisotopic (exact) mass is 556 g/mol. The number of aromatic nitrogens is 2. The zero-order chi connectivity index (χ0) is 27.6. The Morgan fingerprint density at radius 1 is 1.03 bits per heavy atom. The van der Waals surface area contributed by atoms with Gasteiger partial charge in [-0.25, -0.2) is 18.0 Å². The van der Waals surface area contributed by atoms with Crippen LogP contribution in [0.4, 0.5) is 18.9 Å². The SMILES string of the molecule is Cc1onc(-c2c(F)cccc2F)c1C(=O)N1CCN(c2cc3c(cc2F)c(=O)c(C(=O)O)c2n3CS2)CC1. The van der Waals surface area contributed by atoms with Crippen molar-refractivity contribution in [2.45, 2.75) is 17.8 Å². The molecule has 200 valence electrons. The molecule has 0 unspecified atom stereocenters. The van der Waals surface area contributed by atoms with E-state index in [1.54, 1.807) is 9.47 Å². The number of aryl methyl sites for hydroxylation is 1. The van der Waals surface area contributed by atoms with Crippen molar-refractivity contribution in [1.82, 2.24) is 14.6 Å². The zero-order valence-corrected chi connectivity index (χ0v) is 21.1. The molecule has 1 amide bonds. The summed E-state index contributed by atoms with van der Waals surface area (Å²) < 4.78 is 50.8. The zero-order valence-electron chi connectivity index (χ0n) is 20.3. The van der Waals surface area contributed by atoms with E-state index < -0.39 is 40.3 Å². The first-order valence-corrected chi connectivity index (χ1v) is 12.9. The summed E-state index contributed by atoms with van der Waals surface area (Å²) >= 11 is 1.24. The fourth-order valence-electron chi connectivity index (χ4n) is 5.03. The van der Waals surface area contributed by atoms with E-state index in [0.717, 1.165) is 18.2 Å². The molecule has 6 rings (SSSR count). The van der Waals surface area contributed by atoms with Gasteiger partial charge in [0.1, 0.15) is 40.0 Å². The number of piperazine rings is 1. The van der Waals surface area contributed by atoms with Gasteiger partial charge in [-0.3, -0.25) is 9.59 Å². The lowest BCUT2D eigenvalue weighted by Gasteiger charge is -2.36. The first-order chi connectivity index (χ1) is 18.7. The van der Waals surface area contributed by atoms with Crippen molar-refractivity contribution >= 4 is 40.2 Å². The Labute approximate surface area is 222 Å². The molecule has 1 N–H and O–H groups in total. The summed E-state index contributed by atoms with van der Waals surface area (Å²) in [6.07, 6.45) is 0. The third-order valence-corrected chi connectivity index (χ3v) is 8.10. The third-order valence-electron chi connectivity index (χ3n) is 7.01. The molecule has 0 atom stereocenters. The molecule has 0 bridgehead atoms. The first-order valence-electron chi connectivity index (χ1n) is 11.9. The molecule has 0 spiro atoms. The summed E-state index contributed by atoms with van der Waals surface area (Å²) in [7, 11) is 0. The van der Waals surface area contributed by atoms with E-state index in [2.05, 4.69) is 5.16 Å². The summed E-state index contributed by atoms with van der Waals surface area (Å²) in [6, 6.07) is 5.93. The Morgan fingerprint density at radius 2 is 1.72 bits per heavy atom. The molecule has 13 heteroatoms. The number of hydrogen-bond donors (Lipinski definition) is 1. The van der Waals surface area contributed by atoms with Crippen molar-refractivity contribution in [1.29, 1.82) is 0 Å². The Morgan fingerprint density at radius 3 is 2.33 bits per heavy atom. The van der Waals surface area contributed by atoms with Gasteiger partial charge < -0.3 is 24.0 Å². The van der Waals surface area contributed by atoms with E-state index in [4.69, 9.17) is 4.52 Å². The smallest absolute Gasteiger partial charge is 0.342 e. The van der Waals surface area contributed by atoms with Gasteiger partial charge in [0.15, 0.2) is 0 Å². The van der Waals surface area contributed by atoms with Gasteiger partial charge in [-0.2, -0.15) is 0 Å². The van der Waals surface area contributed by atoms with Crippen LogP contribution in [0.1, 0.15) is 26.5 Å². The van der Waals surface area contributed by atoms with Gasteiger partial charge >= 0.3 is 5.97 Å². The predicted octanol–water partition coefficient (Wildman–Crippen LogP) is 4.11. The summed E-state index contributed by atoms with van der Waals surface area (Å²) in [5.74, 6) is -3.76. The van der Waals surface area contributed by atoms with Crippen LogP contribution in [0.25, 0.3) is 22.2 Å². The van der Waals surface area contributed by atoms with Crippen LogP contribution in [0.5, 0.6) is 0 Å². The molecule has 0 saturated carbocycles. The maximum atomic E-state index is 15.2. The van der Waals surface area contributed by atoms with E-state index in [-0.39, 0.29) is 59.8 Å². The van der Waals surface area contributed by atoms with E-state index in [1.807, 2.05) is 0 Å². The lowest BCUT2D eigenvalue weighted by molar-refractivity contribution is 0.0688. The minimum absolute atomic E-state index is 0.0117. The molecule has 2 aromatic carbocycles. The van der Waals surface area contributed by atoms with Gasteiger partial charge in [-0.15, -0.1) is 0 Å². The number of hydrogen-bond acceptors (Lipinski definition) is 7. The number of carbonyl (C=O) groups is 2. The van der Waals surface area contributed by atoms with Crippen LogP contribution < -0.4 is 10.3 Å². The number of carboxylic acid groups (broad SMARTS) is 1. The fraction of sp³-hybridized carbons (Fsp3) is 0.231. The molecule has 2 aliphatic rings. The number of thioether (sulfide) groups is 1. The number of nitrogens with zero attached hydrogens (tertiary/aromatic N) is 4. The largest absolute Gasteiger partial charge is 0.477 e. The molecule has 4 aromatic rings. The van der Waals surface area contributed by atoms with Crippen LogP contribution in [-0.2, 0) is 5.88 Å². The van der Waals surface area contributed by atoms with Crippen LogP contribution >= 0.6 is 11.8 Å². The molecule has 2 aromatic heterocycles. The van der Waals surface area contributed by atoms with Crippen molar-refractivity contribution < 1.29 is 32.4 Å². The molecule has 9 nitrogen and oxygen atoms in total. The Hall–Kier alpha value is -4.26. The van der Waals surface area contributed by atoms with E-state index in [0.29, 0.717) is 16.4 Å². The highest BCUT2D eigenvalue weighted by Gasteiger charge is 2.33. The van der Waals surface area contributed by atoms with Crippen molar-refractivity contribution in [3.8, 4) is 11.3 Å².